The number of nitrogens with zero attached hydrogens (tertiary/aromatic N) is 1. The predicted octanol–water partition coefficient (Wildman–Crippen LogP) is 5.80. The Labute approximate surface area is 191 Å². The van der Waals surface area contributed by atoms with E-state index in [1.165, 1.54) is 53.1 Å². The van der Waals surface area contributed by atoms with Gasteiger partial charge in [0, 0.05) is 11.4 Å². The molecule has 1 atom stereocenters. The van der Waals surface area contributed by atoms with Crippen molar-refractivity contribution in [2.75, 3.05) is 16.0 Å². The molecule has 1 aliphatic rings. The van der Waals surface area contributed by atoms with Gasteiger partial charge in [0.1, 0.15) is 11.2 Å². The maximum Gasteiger partial charge on any atom is 0.416 e. The van der Waals surface area contributed by atoms with Crippen LogP contribution >= 0.6 is 11.8 Å². The quantitative estimate of drug-likeness (QED) is 0.475. The molecule has 0 aliphatic carbocycles. The Morgan fingerprint density at radius 1 is 1.03 bits per heavy atom. The zero-order valence-electron chi connectivity index (χ0n) is 17.1. The fraction of sp³-hybridized carbons (Fsp3) is 0.167. The van der Waals surface area contributed by atoms with Crippen molar-refractivity contribution in [2.24, 2.45) is 0 Å². The summed E-state index contributed by atoms with van der Waals surface area (Å²) in [6, 6.07) is 17.1. The summed E-state index contributed by atoms with van der Waals surface area (Å²) in [7, 11) is 0. The molecule has 1 N–H and O–H groups in total. The van der Waals surface area contributed by atoms with Crippen LogP contribution in [0.4, 0.5) is 28.9 Å². The van der Waals surface area contributed by atoms with Gasteiger partial charge in [-0.2, -0.15) is 13.2 Å². The van der Waals surface area contributed by atoms with E-state index in [0.717, 1.165) is 17.7 Å². The number of alkyl halides is 3. The van der Waals surface area contributed by atoms with E-state index >= 15 is 0 Å². The van der Waals surface area contributed by atoms with Crippen LogP contribution in [0.15, 0.2) is 72.8 Å². The fourth-order valence-electron chi connectivity index (χ4n) is 3.52. The molecule has 0 unspecified atom stereocenters. The minimum Gasteiger partial charge on any atom is -0.326 e. The molecule has 1 heterocycles. The summed E-state index contributed by atoms with van der Waals surface area (Å²) in [5.74, 6) is -0.690. The number of anilines is 2. The summed E-state index contributed by atoms with van der Waals surface area (Å²) in [6.07, 6.45) is -4.39. The minimum atomic E-state index is -4.46. The Kier molecular flexibility index (Phi) is 6.42. The van der Waals surface area contributed by atoms with Crippen LogP contribution in [0.5, 0.6) is 0 Å². The second-order valence-corrected chi connectivity index (χ2v) is 8.52. The highest BCUT2D eigenvalue weighted by atomic mass is 32.2. The number of carbonyl (C=O) groups excluding carboxylic acids is 2. The second-order valence-electron chi connectivity index (χ2n) is 7.45. The molecule has 0 spiro atoms. The van der Waals surface area contributed by atoms with Crippen molar-refractivity contribution in [1.82, 2.24) is 0 Å². The average Bonchev–Trinajstić information content (AvgIpc) is 3.16. The van der Waals surface area contributed by atoms with E-state index < -0.39 is 17.1 Å². The van der Waals surface area contributed by atoms with Gasteiger partial charge in [-0.05, 0) is 59.7 Å². The van der Waals surface area contributed by atoms with Gasteiger partial charge in [-0.15, -0.1) is 11.8 Å². The number of hydrogen-bond acceptors (Lipinski definition) is 3. The van der Waals surface area contributed by atoms with Crippen molar-refractivity contribution in [1.29, 1.82) is 0 Å². The summed E-state index contributed by atoms with van der Waals surface area (Å²) in [5, 5.41) is 2.35. The number of thioether (sulfide) groups is 1. The number of rotatable bonds is 5. The van der Waals surface area contributed by atoms with E-state index in [2.05, 4.69) is 5.32 Å². The fourth-order valence-corrected chi connectivity index (χ4v) is 4.69. The third-order valence-electron chi connectivity index (χ3n) is 5.07. The number of hydrogen-bond donors (Lipinski definition) is 1. The first-order chi connectivity index (χ1) is 15.7. The molecule has 33 heavy (non-hydrogen) atoms. The standard InChI is InChI=1S/C24H18F4N2O2S/c25-18-8-4-15(5-9-18)12-21(31)29-19-3-1-2-16(13-19)23-30(22(32)14-33-23)20-10-6-17(7-11-20)24(26,27)28/h1-11,13,23H,12,14H2,(H,29,31)/t23-/m1/s1. The lowest BCUT2D eigenvalue weighted by Gasteiger charge is -2.25. The molecule has 1 fully saturated rings. The molecule has 0 aromatic heterocycles. The van der Waals surface area contributed by atoms with Crippen LogP contribution in [-0.2, 0) is 22.2 Å². The molecule has 1 aliphatic heterocycles. The summed E-state index contributed by atoms with van der Waals surface area (Å²) in [4.78, 5) is 26.4. The molecule has 170 valence electrons. The van der Waals surface area contributed by atoms with E-state index in [-0.39, 0.29) is 29.8 Å². The molecule has 3 aromatic rings. The zero-order chi connectivity index (χ0) is 23.6. The van der Waals surface area contributed by atoms with Crippen LogP contribution in [0.25, 0.3) is 0 Å². The highest BCUT2D eigenvalue weighted by Gasteiger charge is 2.35. The van der Waals surface area contributed by atoms with E-state index in [1.807, 2.05) is 0 Å². The smallest absolute Gasteiger partial charge is 0.326 e. The molecular weight excluding hydrogens is 456 g/mol. The summed E-state index contributed by atoms with van der Waals surface area (Å²) in [6.45, 7) is 0. The van der Waals surface area contributed by atoms with Crippen molar-refractivity contribution in [2.45, 2.75) is 18.0 Å². The molecule has 4 rings (SSSR count). The van der Waals surface area contributed by atoms with Gasteiger partial charge in [0.05, 0.1) is 17.7 Å². The molecule has 2 amide bonds. The van der Waals surface area contributed by atoms with Gasteiger partial charge in [-0.25, -0.2) is 4.39 Å². The lowest BCUT2D eigenvalue weighted by Crippen LogP contribution is -2.28. The molecule has 4 nitrogen and oxygen atoms in total. The first-order valence-electron chi connectivity index (χ1n) is 9.96. The van der Waals surface area contributed by atoms with E-state index in [9.17, 15) is 27.2 Å². The molecule has 1 saturated heterocycles. The van der Waals surface area contributed by atoms with E-state index in [1.54, 1.807) is 24.3 Å². The Morgan fingerprint density at radius 2 is 1.73 bits per heavy atom. The van der Waals surface area contributed by atoms with Gasteiger partial charge in [-0.3, -0.25) is 14.5 Å². The van der Waals surface area contributed by atoms with E-state index in [0.29, 0.717) is 16.9 Å². The van der Waals surface area contributed by atoms with Crippen molar-refractivity contribution < 1.29 is 27.2 Å². The van der Waals surface area contributed by atoms with Crippen LogP contribution < -0.4 is 10.2 Å². The number of benzene rings is 3. The first kappa shape index (κ1) is 22.8. The van der Waals surface area contributed by atoms with Crippen molar-refractivity contribution in [3.63, 3.8) is 0 Å². The Bertz CT molecular complexity index is 1160. The van der Waals surface area contributed by atoms with Crippen LogP contribution in [0, 0.1) is 5.82 Å². The first-order valence-corrected chi connectivity index (χ1v) is 11.0. The lowest BCUT2D eigenvalue weighted by atomic mass is 10.1. The monoisotopic (exact) mass is 474 g/mol. The SMILES string of the molecule is O=C(Cc1ccc(F)cc1)Nc1cccc([C@H]2SCC(=O)N2c2ccc(C(F)(F)F)cc2)c1. The number of halogens is 4. The maximum atomic E-state index is 13.0. The van der Waals surface area contributed by atoms with Gasteiger partial charge in [0.15, 0.2) is 0 Å². The van der Waals surface area contributed by atoms with E-state index in [4.69, 9.17) is 0 Å². The van der Waals surface area contributed by atoms with Gasteiger partial charge in [0.25, 0.3) is 0 Å². The Morgan fingerprint density at radius 3 is 2.39 bits per heavy atom. The van der Waals surface area contributed by atoms with Gasteiger partial charge >= 0.3 is 6.18 Å². The van der Waals surface area contributed by atoms with Crippen molar-refractivity contribution in [3.05, 3.63) is 95.3 Å². The number of nitrogens with one attached hydrogen (secondary N) is 1. The molecule has 0 radical (unpaired) electrons. The summed E-state index contributed by atoms with van der Waals surface area (Å²) in [5.41, 5.74) is 1.49. The lowest BCUT2D eigenvalue weighted by molar-refractivity contribution is -0.137. The normalized spacial score (nSPS) is 16.2. The topological polar surface area (TPSA) is 49.4 Å². The molecule has 0 bridgehead atoms. The highest BCUT2D eigenvalue weighted by molar-refractivity contribution is 8.00. The summed E-state index contributed by atoms with van der Waals surface area (Å²) < 4.78 is 51.7. The molecular formula is C24H18F4N2O2S. The third-order valence-corrected chi connectivity index (χ3v) is 6.29. The largest absolute Gasteiger partial charge is 0.416 e. The van der Waals surface area contributed by atoms with Crippen LogP contribution in [0.1, 0.15) is 22.1 Å². The van der Waals surface area contributed by atoms with Crippen LogP contribution in [0.3, 0.4) is 0 Å². The van der Waals surface area contributed by atoms with Gasteiger partial charge in [-0.1, -0.05) is 24.3 Å². The average molecular weight is 474 g/mol. The summed E-state index contributed by atoms with van der Waals surface area (Å²) >= 11 is 1.35. The number of carbonyl (C=O) groups is 2. The van der Waals surface area contributed by atoms with Crippen molar-refractivity contribution >= 4 is 35.0 Å². The predicted molar refractivity (Wildman–Crippen MR) is 119 cm³/mol. The maximum absolute atomic E-state index is 13.0. The number of amides is 2. The second kappa shape index (κ2) is 9.27. The third kappa shape index (κ3) is 5.36. The molecule has 0 saturated carbocycles. The van der Waals surface area contributed by atoms with Gasteiger partial charge < -0.3 is 5.32 Å². The Balaban J connectivity index is 1.51. The van der Waals surface area contributed by atoms with Crippen LogP contribution in [0.2, 0.25) is 0 Å². The minimum absolute atomic E-state index is 0.0683. The molecule has 9 heteroatoms. The zero-order valence-corrected chi connectivity index (χ0v) is 17.9. The van der Waals surface area contributed by atoms with Crippen molar-refractivity contribution in [3.8, 4) is 0 Å². The van der Waals surface area contributed by atoms with Crippen LogP contribution in [-0.4, -0.2) is 17.6 Å². The van der Waals surface area contributed by atoms with Gasteiger partial charge in [0.2, 0.25) is 11.8 Å². The molecule has 3 aromatic carbocycles. The highest BCUT2D eigenvalue weighted by Crippen LogP contribution is 2.43. The Hall–Kier alpha value is -3.33.